The Hall–Kier alpha value is -1.07. The van der Waals surface area contributed by atoms with E-state index in [4.69, 9.17) is 4.74 Å². The molecule has 0 aromatic heterocycles. The minimum absolute atomic E-state index is 0. The van der Waals surface area contributed by atoms with Crippen LogP contribution in [-0.2, 0) is 11.3 Å². The van der Waals surface area contributed by atoms with Gasteiger partial charge in [0, 0.05) is 6.54 Å². The summed E-state index contributed by atoms with van der Waals surface area (Å²) in [5.74, 6) is 0. The first-order valence-corrected chi connectivity index (χ1v) is 6.72. The van der Waals surface area contributed by atoms with Gasteiger partial charge in [0.1, 0.15) is 6.61 Å². The van der Waals surface area contributed by atoms with Gasteiger partial charge in [0.05, 0.1) is 27.7 Å². The molecule has 0 fully saturated rings. The van der Waals surface area contributed by atoms with Crippen molar-refractivity contribution in [1.29, 1.82) is 0 Å². The molecular formula is C15H25BrN2O2. The Balaban J connectivity index is 0.00000361. The molecular weight excluding hydrogens is 320 g/mol. The standard InChI is InChI=1S/C15H24N2O2.BrH/c1-17(2,3)12-8-7-11-16-15(18)19-13-14-9-5-4-6-10-14;/h4-6,9-10H,7-8,11-13H2,1-3H3;1H. The van der Waals surface area contributed by atoms with E-state index in [-0.39, 0.29) is 23.1 Å². The van der Waals surface area contributed by atoms with Gasteiger partial charge in [-0.15, -0.1) is 0 Å². The molecule has 0 bridgehead atoms. The monoisotopic (exact) mass is 344 g/mol. The van der Waals surface area contributed by atoms with Crippen molar-refractivity contribution in [1.82, 2.24) is 5.32 Å². The maximum atomic E-state index is 11.4. The summed E-state index contributed by atoms with van der Waals surface area (Å²) in [5.41, 5.74) is 1.00. The number of alkyl carbamates (subject to hydrolysis) is 1. The first-order chi connectivity index (χ1) is 8.97. The van der Waals surface area contributed by atoms with Crippen LogP contribution < -0.4 is 22.3 Å². The first kappa shape index (κ1) is 18.9. The maximum absolute atomic E-state index is 11.4. The number of halogens is 1. The lowest BCUT2D eigenvalue weighted by atomic mass is 10.2. The summed E-state index contributed by atoms with van der Waals surface area (Å²) in [6.07, 6.45) is 1.74. The van der Waals surface area contributed by atoms with Gasteiger partial charge < -0.3 is 31.5 Å². The Morgan fingerprint density at radius 3 is 2.40 bits per heavy atom. The SMILES string of the molecule is C[N+](C)(C)CCCCNC(=O)OCc1ccccc1.[Br-]. The number of hydrogen-bond donors (Lipinski definition) is 1. The number of benzene rings is 1. The molecule has 114 valence electrons. The molecule has 1 amide bonds. The predicted octanol–water partition coefficient (Wildman–Crippen LogP) is -0.597. The third-order valence-electron chi connectivity index (χ3n) is 2.74. The average molecular weight is 345 g/mol. The molecule has 0 aliphatic carbocycles. The van der Waals surface area contributed by atoms with Gasteiger partial charge in [-0.1, -0.05) is 30.3 Å². The number of carbonyl (C=O) groups excluding carboxylic acids is 1. The molecule has 0 aliphatic rings. The van der Waals surface area contributed by atoms with Crippen LogP contribution in [0.2, 0.25) is 0 Å². The van der Waals surface area contributed by atoms with Gasteiger partial charge in [-0.3, -0.25) is 0 Å². The summed E-state index contributed by atoms with van der Waals surface area (Å²) in [6.45, 7) is 2.11. The van der Waals surface area contributed by atoms with Crippen molar-refractivity contribution in [3.05, 3.63) is 35.9 Å². The summed E-state index contributed by atoms with van der Waals surface area (Å²) < 4.78 is 6.08. The molecule has 20 heavy (non-hydrogen) atoms. The number of hydrogen-bond acceptors (Lipinski definition) is 2. The smallest absolute Gasteiger partial charge is 0.407 e. The highest BCUT2D eigenvalue weighted by Gasteiger charge is 2.06. The van der Waals surface area contributed by atoms with Gasteiger partial charge in [0.2, 0.25) is 0 Å². The molecule has 0 aliphatic heterocycles. The van der Waals surface area contributed by atoms with Crippen molar-refractivity contribution in [2.45, 2.75) is 19.4 Å². The molecule has 1 aromatic rings. The van der Waals surface area contributed by atoms with E-state index in [1.807, 2.05) is 30.3 Å². The average Bonchev–Trinajstić information content (AvgIpc) is 2.36. The molecule has 0 radical (unpaired) electrons. The quantitative estimate of drug-likeness (QED) is 0.530. The summed E-state index contributed by atoms with van der Waals surface area (Å²) in [7, 11) is 6.50. The van der Waals surface area contributed by atoms with Crippen LogP contribution in [0.1, 0.15) is 18.4 Å². The molecule has 0 saturated carbocycles. The van der Waals surface area contributed by atoms with Crippen LogP contribution >= 0.6 is 0 Å². The maximum Gasteiger partial charge on any atom is 0.407 e. The second-order valence-corrected chi connectivity index (χ2v) is 5.71. The number of amides is 1. The fraction of sp³-hybridized carbons (Fsp3) is 0.533. The highest BCUT2D eigenvalue weighted by Crippen LogP contribution is 2.00. The van der Waals surface area contributed by atoms with Crippen LogP contribution in [0, 0.1) is 0 Å². The highest BCUT2D eigenvalue weighted by molar-refractivity contribution is 5.67. The third kappa shape index (κ3) is 9.81. The molecule has 0 saturated heterocycles. The van der Waals surface area contributed by atoms with Gasteiger partial charge >= 0.3 is 6.09 Å². The van der Waals surface area contributed by atoms with Crippen molar-refractivity contribution in [3.63, 3.8) is 0 Å². The van der Waals surface area contributed by atoms with Crippen LogP contribution in [0.25, 0.3) is 0 Å². The van der Waals surface area contributed by atoms with Crippen molar-refractivity contribution < 1.29 is 31.0 Å². The van der Waals surface area contributed by atoms with Crippen LogP contribution in [0.15, 0.2) is 30.3 Å². The van der Waals surface area contributed by atoms with E-state index in [2.05, 4.69) is 26.5 Å². The minimum Gasteiger partial charge on any atom is -1.00 e. The van der Waals surface area contributed by atoms with Gasteiger partial charge in [0.15, 0.2) is 0 Å². The lowest BCUT2D eigenvalue weighted by Gasteiger charge is -2.23. The molecule has 4 nitrogen and oxygen atoms in total. The lowest BCUT2D eigenvalue weighted by molar-refractivity contribution is -0.870. The van der Waals surface area contributed by atoms with Gasteiger partial charge in [-0.05, 0) is 18.4 Å². The zero-order valence-corrected chi connectivity index (χ0v) is 14.1. The number of nitrogens with zero attached hydrogens (tertiary/aromatic N) is 1. The van der Waals surface area contributed by atoms with E-state index >= 15 is 0 Å². The second kappa shape index (κ2) is 9.77. The van der Waals surface area contributed by atoms with Crippen molar-refractivity contribution in [2.75, 3.05) is 34.2 Å². The number of nitrogens with one attached hydrogen (secondary N) is 1. The van der Waals surface area contributed by atoms with E-state index in [1.165, 1.54) is 0 Å². The topological polar surface area (TPSA) is 38.3 Å². The third-order valence-corrected chi connectivity index (χ3v) is 2.74. The Morgan fingerprint density at radius 1 is 1.15 bits per heavy atom. The van der Waals surface area contributed by atoms with E-state index in [0.717, 1.165) is 29.4 Å². The number of rotatable bonds is 7. The van der Waals surface area contributed by atoms with Crippen LogP contribution in [-0.4, -0.2) is 44.8 Å². The van der Waals surface area contributed by atoms with Crippen LogP contribution in [0.5, 0.6) is 0 Å². The van der Waals surface area contributed by atoms with E-state index in [9.17, 15) is 4.79 Å². The number of quaternary nitrogens is 1. The second-order valence-electron chi connectivity index (χ2n) is 5.71. The molecule has 1 N–H and O–H groups in total. The molecule has 1 aromatic carbocycles. The number of carbonyl (C=O) groups is 1. The van der Waals surface area contributed by atoms with E-state index in [0.29, 0.717) is 13.2 Å². The fourth-order valence-corrected chi connectivity index (χ4v) is 1.68. The van der Waals surface area contributed by atoms with E-state index < -0.39 is 0 Å². The summed E-state index contributed by atoms with van der Waals surface area (Å²) >= 11 is 0. The van der Waals surface area contributed by atoms with Crippen LogP contribution in [0.3, 0.4) is 0 Å². The summed E-state index contributed by atoms with van der Waals surface area (Å²) in [5, 5.41) is 2.77. The molecule has 0 heterocycles. The first-order valence-electron chi connectivity index (χ1n) is 6.72. The fourth-order valence-electron chi connectivity index (χ4n) is 1.68. The Morgan fingerprint density at radius 2 is 1.80 bits per heavy atom. The van der Waals surface area contributed by atoms with Gasteiger partial charge in [-0.25, -0.2) is 4.79 Å². The molecule has 1 rings (SSSR count). The van der Waals surface area contributed by atoms with E-state index in [1.54, 1.807) is 0 Å². The largest absolute Gasteiger partial charge is 1.00 e. The zero-order chi connectivity index (χ0) is 14.1. The molecule has 0 unspecified atom stereocenters. The van der Waals surface area contributed by atoms with Gasteiger partial charge in [0.25, 0.3) is 0 Å². The molecule has 0 spiro atoms. The predicted molar refractivity (Wildman–Crippen MR) is 76.8 cm³/mol. The summed E-state index contributed by atoms with van der Waals surface area (Å²) in [4.78, 5) is 11.4. The zero-order valence-electron chi connectivity index (χ0n) is 12.6. The van der Waals surface area contributed by atoms with Gasteiger partial charge in [-0.2, -0.15) is 0 Å². The summed E-state index contributed by atoms with van der Waals surface area (Å²) in [6, 6.07) is 9.68. The van der Waals surface area contributed by atoms with Crippen molar-refractivity contribution in [3.8, 4) is 0 Å². The number of unbranched alkanes of at least 4 members (excludes halogenated alkanes) is 1. The molecule has 0 atom stereocenters. The number of ether oxygens (including phenoxy) is 1. The Kier molecular flexibility index (Phi) is 9.25. The lowest BCUT2D eigenvalue weighted by Crippen LogP contribution is -3.00. The Labute approximate surface area is 132 Å². The van der Waals surface area contributed by atoms with Crippen molar-refractivity contribution >= 4 is 6.09 Å². The van der Waals surface area contributed by atoms with Crippen molar-refractivity contribution in [2.24, 2.45) is 0 Å². The van der Waals surface area contributed by atoms with Crippen LogP contribution in [0.4, 0.5) is 4.79 Å². The molecule has 5 heteroatoms. The highest BCUT2D eigenvalue weighted by atomic mass is 79.9. The normalized spacial score (nSPS) is 10.6. The Bertz CT molecular complexity index is 377. The minimum atomic E-state index is -0.339.